The molecule has 1 amide bonds. The zero-order chi connectivity index (χ0) is 13.8. The van der Waals surface area contributed by atoms with Gasteiger partial charge in [-0.3, -0.25) is 4.79 Å². The second-order valence-corrected chi connectivity index (χ2v) is 3.41. The van der Waals surface area contributed by atoms with Gasteiger partial charge >= 0.3 is 6.18 Å². The standard InChI is InChI=1S/C9H12F3N5O/c1-5(18)14-2-3-15-7-4-6(13)16-8(17-7)9(10,11)12/h4H,2-3H2,1H3,(H,14,18)(H3,13,15,16,17). The van der Waals surface area contributed by atoms with Gasteiger partial charge in [0.15, 0.2) is 0 Å². The van der Waals surface area contributed by atoms with E-state index in [4.69, 9.17) is 5.73 Å². The van der Waals surface area contributed by atoms with Crippen LogP contribution in [0, 0.1) is 0 Å². The number of hydrogen-bond acceptors (Lipinski definition) is 5. The number of amides is 1. The Kier molecular flexibility index (Phi) is 4.29. The smallest absolute Gasteiger partial charge is 0.384 e. The third kappa shape index (κ3) is 4.44. The summed E-state index contributed by atoms with van der Waals surface area (Å²) in [5.41, 5.74) is 5.25. The van der Waals surface area contributed by atoms with E-state index in [1.54, 1.807) is 0 Å². The molecule has 0 saturated heterocycles. The molecular weight excluding hydrogens is 251 g/mol. The van der Waals surface area contributed by atoms with Crippen LogP contribution in [0.2, 0.25) is 0 Å². The number of halogens is 3. The predicted octanol–water partition coefficient (Wildman–Crippen LogP) is 0.626. The molecule has 0 fully saturated rings. The average molecular weight is 263 g/mol. The number of nitrogens with two attached hydrogens (primary N) is 1. The van der Waals surface area contributed by atoms with E-state index in [-0.39, 0.29) is 30.6 Å². The molecule has 18 heavy (non-hydrogen) atoms. The maximum Gasteiger partial charge on any atom is 0.451 e. The Hall–Kier alpha value is -2.06. The molecule has 0 aliphatic heterocycles. The number of rotatable bonds is 4. The quantitative estimate of drug-likeness (QED) is 0.693. The minimum absolute atomic E-state index is 0.0415. The van der Waals surface area contributed by atoms with Gasteiger partial charge in [-0.2, -0.15) is 13.2 Å². The van der Waals surface area contributed by atoms with Crippen molar-refractivity contribution in [3.8, 4) is 0 Å². The molecular formula is C9H12F3N5O. The van der Waals surface area contributed by atoms with Crippen LogP contribution in [-0.2, 0) is 11.0 Å². The molecule has 1 aromatic heterocycles. The molecule has 1 aromatic rings. The topological polar surface area (TPSA) is 92.9 Å². The van der Waals surface area contributed by atoms with Crippen molar-refractivity contribution in [2.24, 2.45) is 0 Å². The van der Waals surface area contributed by atoms with Crippen molar-refractivity contribution in [3.63, 3.8) is 0 Å². The summed E-state index contributed by atoms with van der Waals surface area (Å²) in [6.07, 6.45) is -4.65. The van der Waals surface area contributed by atoms with Crippen molar-refractivity contribution < 1.29 is 18.0 Å². The highest BCUT2D eigenvalue weighted by molar-refractivity contribution is 5.72. The molecule has 0 aromatic carbocycles. The van der Waals surface area contributed by atoms with Gasteiger partial charge in [0.2, 0.25) is 11.7 Å². The van der Waals surface area contributed by atoms with E-state index in [0.29, 0.717) is 0 Å². The van der Waals surface area contributed by atoms with E-state index in [9.17, 15) is 18.0 Å². The number of hydrogen-bond donors (Lipinski definition) is 3. The summed E-state index contributed by atoms with van der Waals surface area (Å²) in [5, 5.41) is 5.08. The van der Waals surface area contributed by atoms with Gasteiger partial charge in [0.1, 0.15) is 11.6 Å². The van der Waals surface area contributed by atoms with Crippen LogP contribution < -0.4 is 16.4 Å². The third-order valence-electron chi connectivity index (χ3n) is 1.80. The van der Waals surface area contributed by atoms with Gasteiger partial charge in [-0.05, 0) is 0 Å². The Morgan fingerprint density at radius 2 is 2.06 bits per heavy atom. The molecule has 9 heteroatoms. The van der Waals surface area contributed by atoms with Crippen molar-refractivity contribution in [3.05, 3.63) is 11.9 Å². The number of nitrogens with one attached hydrogen (secondary N) is 2. The number of nitrogens with zero attached hydrogens (tertiary/aromatic N) is 2. The van der Waals surface area contributed by atoms with Crippen LogP contribution in [0.5, 0.6) is 0 Å². The van der Waals surface area contributed by atoms with Gasteiger partial charge in [0.05, 0.1) is 0 Å². The number of carbonyl (C=O) groups excluding carboxylic acids is 1. The Bertz CT molecular complexity index is 435. The summed E-state index contributed by atoms with van der Waals surface area (Å²) in [6, 6.07) is 1.18. The summed E-state index contributed by atoms with van der Waals surface area (Å²) < 4.78 is 37.1. The van der Waals surface area contributed by atoms with Crippen LogP contribution in [0.3, 0.4) is 0 Å². The lowest BCUT2D eigenvalue weighted by Crippen LogP contribution is -2.26. The van der Waals surface area contributed by atoms with Crippen molar-refractivity contribution in [2.45, 2.75) is 13.1 Å². The average Bonchev–Trinajstić information content (AvgIpc) is 2.22. The highest BCUT2D eigenvalue weighted by Crippen LogP contribution is 2.27. The summed E-state index contributed by atoms with van der Waals surface area (Å²) in [5.74, 6) is -1.85. The van der Waals surface area contributed by atoms with Crippen molar-refractivity contribution in [1.82, 2.24) is 15.3 Å². The molecule has 0 spiro atoms. The maximum atomic E-state index is 12.4. The Morgan fingerprint density at radius 3 is 2.61 bits per heavy atom. The fourth-order valence-electron chi connectivity index (χ4n) is 1.11. The van der Waals surface area contributed by atoms with Crippen LogP contribution >= 0.6 is 0 Å². The van der Waals surface area contributed by atoms with E-state index < -0.39 is 12.0 Å². The van der Waals surface area contributed by atoms with E-state index >= 15 is 0 Å². The molecule has 0 radical (unpaired) electrons. The molecule has 0 saturated carbocycles. The summed E-state index contributed by atoms with van der Waals surface area (Å²) in [4.78, 5) is 16.9. The van der Waals surface area contributed by atoms with E-state index in [1.807, 2.05) is 0 Å². The molecule has 0 atom stereocenters. The predicted molar refractivity (Wildman–Crippen MR) is 58.6 cm³/mol. The van der Waals surface area contributed by atoms with Crippen LogP contribution in [0.4, 0.5) is 24.8 Å². The molecule has 0 aliphatic carbocycles. The van der Waals surface area contributed by atoms with Gasteiger partial charge in [0, 0.05) is 26.1 Å². The van der Waals surface area contributed by atoms with Crippen molar-refractivity contribution in [1.29, 1.82) is 0 Å². The van der Waals surface area contributed by atoms with Crippen LogP contribution in [0.1, 0.15) is 12.7 Å². The first kappa shape index (κ1) is 14.0. The lowest BCUT2D eigenvalue weighted by Gasteiger charge is -2.10. The lowest BCUT2D eigenvalue weighted by molar-refractivity contribution is -0.144. The molecule has 0 aliphatic rings. The highest BCUT2D eigenvalue weighted by atomic mass is 19.4. The van der Waals surface area contributed by atoms with Gasteiger partial charge in [-0.25, -0.2) is 9.97 Å². The number of aromatic nitrogens is 2. The molecule has 6 nitrogen and oxygen atoms in total. The van der Waals surface area contributed by atoms with E-state index in [0.717, 1.165) is 0 Å². The minimum atomic E-state index is -4.65. The largest absolute Gasteiger partial charge is 0.451 e. The lowest BCUT2D eigenvalue weighted by atomic mass is 10.4. The SMILES string of the molecule is CC(=O)NCCNc1cc(N)nc(C(F)(F)F)n1. The van der Waals surface area contributed by atoms with E-state index in [1.165, 1.54) is 13.0 Å². The summed E-state index contributed by atoms with van der Waals surface area (Å²) in [7, 11) is 0. The molecule has 1 heterocycles. The van der Waals surface area contributed by atoms with E-state index in [2.05, 4.69) is 20.6 Å². The third-order valence-corrected chi connectivity index (χ3v) is 1.80. The van der Waals surface area contributed by atoms with Gasteiger partial charge in [0.25, 0.3) is 0 Å². The Labute approximate surface area is 101 Å². The monoisotopic (exact) mass is 263 g/mol. The van der Waals surface area contributed by atoms with Crippen LogP contribution in [0.25, 0.3) is 0 Å². The number of nitrogen functional groups attached to an aromatic ring is 1. The normalized spacial score (nSPS) is 11.1. The number of alkyl halides is 3. The summed E-state index contributed by atoms with van der Waals surface area (Å²) >= 11 is 0. The molecule has 0 bridgehead atoms. The number of anilines is 2. The van der Waals surface area contributed by atoms with Crippen molar-refractivity contribution >= 4 is 17.5 Å². The fraction of sp³-hybridized carbons (Fsp3) is 0.444. The van der Waals surface area contributed by atoms with Gasteiger partial charge in [-0.15, -0.1) is 0 Å². The maximum absolute atomic E-state index is 12.4. The molecule has 4 N–H and O–H groups in total. The second-order valence-electron chi connectivity index (χ2n) is 3.41. The summed E-state index contributed by atoms with van der Waals surface area (Å²) in [6.45, 7) is 1.83. The first-order valence-corrected chi connectivity index (χ1v) is 4.99. The molecule has 100 valence electrons. The zero-order valence-electron chi connectivity index (χ0n) is 9.51. The molecule has 0 unspecified atom stereocenters. The van der Waals surface area contributed by atoms with Gasteiger partial charge in [-0.1, -0.05) is 0 Å². The van der Waals surface area contributed by atoms with Gasteiger partial charge < -0.3 is 16.4 Å². The molecule has 1 rings (SSSR count). The Morgan fingerprint density at radius 1 is 1.39 bits per heavy atom. The van der Waals surface area contributed by atoms with Crippen LogP contribution in [-0.4, -0.2) is 29.0 Å². The first-order valence-electron chi connectivity index (χ1n) is 4.99. The first-order chi connectivity index (χ1) is 8.29. The highest BCUT2D eigenvalue weighted by Gasteiger charge is 2.35. The number of carbonyl (C=O) groups is 1. The van der Waals surface area contributed by atoms with Crippen LogP contribution in [0.15, 0.2) is 6.07 Å². The second kappa shape index (κ2) is 5.52. The van der Waals surface area contributed by atoms with Crippen molar-refractivity contribution in [2.75, 3.05) is 24.1 Å². The Balaban J connectivity index is 2.66. The fourth-order valence-corrected chi connectivity index (χ4v) is 1.11. The minimum Gasteiger partial charge on any atom is -0.384 e. The zero-order valence-corrected chi connectivity index (χ0v) is 9.51.